The van der Waals surface area contributed by atoms with Gasteiger partial charge >= 0.3 is 12.0 Å². The molecule has 0 bridgehead atoms. The van der Waals surface area contributed by atoms with E-state index in [9.17, 15) is 14.4 Å². The number of aliphatic carboxylic acids is 1. The second kappa shape index (κ2) is 5.90. The van der Waals surface area contributed by atoms with Crippen LogP contribution in [0.2, 0.25) is 0 Å². The zero-order chi connectivity index (χ0) is 13.8. The molecule has 0 radical (unpaired) electrons. The molecule has 2 aliphatic heterocycles. The SMILES string of the molecule is O=C(O)CC1CCCN1C(=O)NC1CCCNC1=O. The minimum atomic E-state index is -0.903. The van der Waals surface area contributed by atoms with Crippen LogP contribution in [0.1, 0.15) is 32.1 Å². The maximum atomic E-state index is 12.1. The van der Waals surface area contributed by atoms with Gasteiger partial charge in [-0.3, -0.25) is 9.59 Å². The predicted octanol–water partition coefficient (Wildman–Crippen LogP) is -0.0863. The molecule has 3 amide bonds. The molecule has 2 heterocycles. The highest BCUT2D eigenvalue weighted by atomic mass is 16.4. The number of nitrogens with one attached hydrogen (secondary N) is 2. The minimum Gasteiger partial charge on any atom is -0.481 e. The van der Waals surface area contributed by atoms with Gasteiger partial charge in [-0.05, 0) is 25.7 Å². The van der Waals surface area contributed by atoms with Crippen LogP contribution in [-0.4, -0.2) is 53.1 Å². The molecule has 2 atom stereocenters. The predicted molar refractivity (Wildman–Crippen MR) is 66.5 cm³/mol. The topological polar surface area (TPSA) is 98.7 Å². The zero-order valence-electron chi connectivity index (χ0n) is 10.7. The van der Waals surface area contributed by atoms with Gasteiger partial charge in [-0.15, -0.1) is 0 Å². The molecule has 0 aromatic heterocycles. The van der Waals surface area contributed by atoms with Crippen molar-refractivity contribution in [2.24, 2.45) is 0 Å². The summed E-state index contributed by atoms with van der Waals surface area (Å²) in [5, 5.41) is 14.2. The quantitative estimate of drug-likeness (QED) is 0.667. The van der Waals surface area contributed by atoms with Crippen LogP contribution in [0.25, 0.3) is 0 Å². The third-order valence-electron chi connectivity index (χ3n) is 3.63. The van der Waals surface area contributed by atoms with Crippen molar-refractivity contribution in [2.75, 3.05) is 13.1 Å². The van der Waals surface area contributed by atoms with E-state index < -0.39 is 12.0 Å². The van der Waals surface area contributed by atoms with Crippen molar-refractivity contribution in [1.82, 2.24) is 15.5 Å². The summed E-state index contributed by atoms with van der Waals surface area (Å²) in [6, 6.07) is -1.08. The van der Waals surface area contributed by atoms with E-state index in [2.05, 4.69) is 10.6 Å². The van der Waals surface area contributed by atoms with Gasteiger partial charge in [0.25, 0.3) is 0 Å². The van der Waals surface area contributed by atoms with Crippen molar-refractivity contribution in [2.45, 2.75) is 44.2 Å². The fourth-order valence-electron chi connectivity index (χ4n) is 2.66. The molecule has 3 N–H and O–H groups in total. The summed E-state index contributed by atoms with van der Waals surface area (Å²) in [4.78, 5) is 35.9. The van der Waals surface area contributed by atoms with Gasteiger partial charge in [-0.2, -0.15) is 0 Å². The summed E-state index contributed by atoms with van der Waals surface area (Å²) < 4.78 is 0. The first-order valence-corrected chi connectivity index (χ1v) is 6.64. The molecular weight excluding hydrogens is 250 g/mol. The van der Waals surface area contributed by atoms with E-state index in [0.717, 1.165) is 12.8 Å². The van der Waals surface area contributed by atoms with Crippen LogP contribution in [0.5, 0.6) is 0 Å². The van der Waals surface area contributed by atoms with Crippen molar-refractivity contribution < 1.29 is 19.5 Å². The van der Waals surface area contributed by atoms with Gasteiger partial charge in [0.15, 0.2) is 0 Å². The number of hydrogen-bond acceptors (Lipinski definition) is 3. The number of hydrogen-bond donors (Lipinski definition) is 3. The Morgan fingerprint density at radius 3 is 2.84 bits per heavy atom. The van der Waals surface area contributed by atoms with Crippen LogP contribution in [-0.2, 0) is 9.59 Å². The molecule has 0 aliphatic carbocycles. The summed E-state index contributed by atoms with van der Waals surface area (Å²) in [6.07, 6.45) is 2.95. The molecule has 2 rings (SSSR count). The standard InChI is InChI=1S/C12H19N3O4/c16-10(17)7-8-3-2-6-15(8)12(19)14-9-4-1-5-13-11(9)18/h8-9H,1-7H2,(H,13,18)(H,14,19)(H,16,17). The lowest BCUT2D eigenvalue weighted by Gasteiger charge is -2.28. The van der Waals surface area contributed by atoms with Crippen molar-refractivity contribution >= 4 is 17.9 Å². The number of urea groups is 1. The Morgan fingerprint density at radius 1 is 1.37 bits per heavy atom. The highest BCUT2D eigenvalue weighted by Crippen LogP contribution is 2.20. The summed E-state index contributed by atoms with van der Waals surface area (Å²) in [5.74, 6) is -1.06. The molecule has 0 aromatic carbocycles. The molecule has 0 spiro atoms. The van der Waals surface area contributed by atoms with Crippen LogP contribution in [0.3, 0.4) is 0 Å². The third-order valence-corrected chi connectivity index (χ3v) is 3.63. The second-order valence-corrected chi connectivity index (χ2v) is 5.02. The van der Waals surface area contributed by atoms with Crippen LogP contribution in [0.4, 0.5) is 4.79 Å². The fourth-order valence-corrected chi connectivity index (χ4v) is 2.66. The van der Waals surface area contributed by atoms with Crippen LogP contribution in [0, 0.1) is 0 Å². The molecule has 2 saturated heterocycles. The number of carbonyl (C=O) groups excluding carboxylic acids is 2. The van der Waals surface area contributed by atoms with E-state index in [0.29, 0.717) is 25.9 Å². The summed E-state index contributed by atoms with van der Waals surface area (Å²) in [7, 11) is 0. The molecule has 0 aromatic rings. The minimum absolute atomic E-state index is 0.0374. The van der Waals surface area contributed by atoms with Gasteiger partial charge in [0, 0.05) is 19.1 Å². The van der Waals surface area contributed by atoms with E-state index in [1.54, 1.807) is 0 Å². The van der Waals surface area contributed by atoms with Gasteiger partial charge in [0.05, 0.1) is 6.42 Å². The Kier molecular flexibility index (Phi) is 4.24. The molecule has 2 aliphatic rings. The number of nitrogens with zero attached hydrogens (tertiary/aromatic N) is 1. The number of carbonyl (C=O) groups is 3. The summed E-state index contributed by atoms with van der Waals surface area (Å²) >= 11 is 0. The Morgan fingerprint density at radius 2 is 2.16 bits per heavy atom. The molecule has 0 saturated carbocycles. The lowest BCUT2D eigenvalue weighted by atomic mass is 10.1. The maximum absolute atomic E-state index is 12.1. The molecule has 106 valence electrons. The summed E-state index contributed by atoms with van der Waals surface area (Å²) in [5.41, 5.74) is 0. The Labute approximate surface area is 111 Å². The van der Waals surface area contributed by atoms with E-state index in [-0.39, 0.29) is 24.4 Å². The second-order valence-electron chi connectivity index (χ2n) is 5.02. The monoisotopic (exact) mass is 269 g/mol. The first-order chi connectivity index (χ1) is 9.08. The van der Waals surface area contributed by atoms with Crippen LogP contribution < -0.4 is 10.6 Å². The van der Waals surface area contributed by atoms with E-state index in [4.69, 9.17) is 5.11 Å². The number of carboxylic acids is 1. The van der Waals surface area contributed by atoms with Crippen molar-refractivity contribution in [3.05, 3.63) is 0 Å². The maximum Gasteiger partial charge on any atom is 0.318 e. The van der Waals surface area contributed by atoms with Crippen LogP contribution in [0.15, 0.2) is 0 Å². The Balaban J connectivity index is 1.91. The normalized spacial score (nSPS) is 26.9. The molecular formula is C12H19N3O4. The van der Waals surface area contributed by atoms with E-state index in [1.807, 2.05) is 0 Å². The highest BCUT2D eigenvalue weighted by Gasteiger charge is 2.33. The lowest BCUT2D eigenvalue weighted by Crippen LogP contribution is -2.54. The van der Waals surface area contributed by atoms with Gasteiger partial charge in [0.1, 0.15) is 6.04 Å². The smallest absolute Gasteiger partial charge is 0.318 e. The first-order valence-electron chi connectivity index (χ1n) is 6.64. The van der Waals surface area contributed by atoms with E-state index >= 15 is 0 Å². The van der Waals surface area contributed by atoms with Crippen molar-refractivity contribution in [3.8, 4) is 0 Å². The highest BCUT2D eigenvalue weighted by molar-refractivity contribution is 5.87. The van der Waals surface area contributed by atoms with E-state index in [1.165, 1.54) is 4.90 Å². The number of rotatable bonds is 3. The van der Waals surface area contributed by atoms with Crippen LogP contribution >= 0.6 is 0 Å². The largest absolute Gasteiger partial charge is 0.481 e. The number of piperidine rings is 1. The average Bonchev–Trinajstić information content (AvgIpc) is 2.79. The fraction of sp³-hybridized carbons (Fsp3) is 0.750. The van der Waals surface area contributed by atoms with Gasteiger partial charge in [-0.1, -0.05) is 0 Å². The van der Waals surface area contributed by atoms with Crippen molar-refractivity contribution in [3.63, 3.8) is 0 Å². The number of carboxylic acid groups (broad SMARTS) is 1. The molecule has 7 nitrogen and oxygen atoms in total. The molecule has 19 heavy (non-hydrogen) atoms. The Hall–Kier alpha value is -1.79. The molecule has 7 heteroatoms. The number of amides is 3. The summed E-state index contributed by atoms with van der Waals surface area (Å²) in [6.45, 7) is 1.20. The van der Waals surface area contributed by atoms with Gasteiger partial charge < -0.3 is 20.6 Å². The third kappa shape index (κ3) is 3.36. The lowest BCUT2D eigenvalue weighted by molar-refractivity contribution is -0.138. The molecule has 2 unspecified atom stereocenters. The Bertz CT molecular complexity index is 385. The van der Waals surface area contributed by atoms with Gasteiger partial charge in [0.2, 0.25) is 5.91 Å². The zero-order valence-corrected chi connectivity index (χ0v) is 10.7. The van der Waals surface area contributed by atoms with Gasteiger partial charge in [-0.25, -0.2) is 4.79 Å². The average molecular weight is 269 g/mol. The number of likely N-dealkylation sites (tertiary alicyclic amines) is 1. The first kappa shape index (κ1) is 13.6. The van der Waals surface area contributed by atoms with Crippen molar-refractivity contribution in [1.29, 1.82) is 0 Å². The molecule has 2 fully saturated rings.